The van der Waals surface area contributed by atoms with Crippen molar-refractivity contribution in [2.24, 2.45) is 4.99 Å². The van der Waals surface area contributed by atoms with E-state index in [1.54, 1.807) is 67.5 Å². The minimum absolute atomic E-state index is 0.0343. The number of rotatable bonds is 6. The van der Waals surface area contributed by atoms with Gasteiger partial charge in [0, 0.05) is 23.8 Å². The molecule has 1 saturated heterocycles. The smallest absolute Gasteiger partial charge is 0.328 e. The lowest BCUT2D eigenvalue weighted by atomic mass is 10.1. The number of urea groups is 1. The zero-order valence-electron chi connectivity index (χ0n) is 20.2. The van der Waals surface area contributed by atoms with Crippen molar-refractivity contribution < 1.29 is 14.4 Å². The van der Waals surface area contributed by atoms with Gasteiger partial charge in [-0.25, -0.2) is 14.8 Å². The Morgan fingerprint density at radius 1 is 1.05 bits per heavy atom. The first-order valence-corrected chi connectivity index (χ1v) is 12.0. The molecule has 10 nitrogen and oxygen atoms in total. The maximum Gasteiger partial charge on any atom is 0.328 e. The molecule has 2 aliphatic heterocycles. The second-order valence-corrected chi connectivity index (χ2v) is 9.20. The highest BCUT2D eigenvalue weighted by molar-refractivity contribution is 6.30. The van der Waals surface area contributed by atoms with Gasteiger partial charge in [0.25, 0.3) is 5.91 Å². The van der Waals surface area contributed by atoms with E-state index in [9.17, 15) is 14.4 Å². The number of benzene rings is 1. The van der Waals surface area contributed by atoms with Gasteiger partial charge in [0.2, 0.25) is 5.91 Å². The SMILES string of the molecule is CC1=NC2C(C(=O)N(Cc3ccccn3)C(=O)N2C)N1CC(=O)Nc1cccc(-c2ccc(Cl)cc2)n1. The number of pyridine rings is 2. The molecule has 3 aromatic rings. The van der Waals surface area contributed by atoms with Gasteiger partial charge in [-0.2, -0.15) is 0 Å². The van der Waals surface area contributed by atoms with E-state index >= 15 is 0 Å². The van der Waals surface area contributed by atoms with E-state index in [1.807, 2.05) is 18.2 Å². The van der Waals surface area contributed by atoms with Crippen LogP contribution in [0.3, 0.4) is 0 Å². The van der Waals surface area contributed by atoms with Gasteiger partial charge in [0.05, 0.1) is 30.3 Å². The van der Waals surface area contributed by atoms with Crippen LogP contribution >= 0.6 is 11.6 Å². The van der Waals surface area contributed by atoms with Gasteiger partial charge in [0.1, 0.15) is 5.82 Å². The molecule has 1 fully saturated rings. The maximum atomic E-state index is 13.5. The third-order valence-electron chi connectivity index (χ3n) is 6.32. The Hall–Kier alpha value is -4.31. The lowest BCUT2D eigenvalue weighted by Crippen LogP contribution is -2.65. The van der Waals surface area contributed by atoms with Gasteiger partial charge in [0.15, 0.2) is 12.2 Å². The van der Waals surface area contributed by atoms with Crippen molar-refractivity contribution in [1.29, 1.82) is 0 Å². The predicted octanol–water partition coefficient (Wildman–Crippen LogP) is 3.26. The summed E-state index contributed by atoms with van der Waals surface area (Å²) in [5.74, 6) is 0.0946. The zero-order valence-corrected chi connectivity index (χ0v) is 21.0. The van der Waals surface area contributed by atoms with E-state index < -0.39 is 24.1 Å². The maximum absolute atomic E-state index is 13.5. The number of aliphatic imine (C=N–C) groups is 1. The summed E-state index contributed by atoms with van der Waals surface area (Å²) in [5.41, 5.74) is 2.13. The number of imide groups is 1. The van der Waals surface area contributed by atoms with Crippen molar-refractivity contribution in [1.82, 2.24) is 24.7 Å². The van der Waals surface area contributed by atoms with Gasteiger partial charge in [-0.05, 0) is 43.3 Å². The standard InChI is InChI=1S/C26H24ClN7O3/c1-16-29-24-23(25(36)34(26(37)32(24)2)14-19-6-3-4-13-28-19)33(16)15-22(35)31-21-8-5-7-20(30-21)17-9-11-18(27)12-10-17/h3-13,23-24H,14-15H2,1-2H3,(H,30,31,35). The normalized spacial score (nSPS) is 19.1. The number of aromatic nitrogens is 2. The monoisotopic (exact) mass is 517 g/mol. The fourth-order valence-electron chi connectivity index (χ4n) is 4.45. The first-order chi connectivity index (χ1) is 17.8. The third-order valence-corrected chi connectivity index (χ3v) is 6.57. The highest BCUT2D eigenvalue weighted by Gasteiger charge is 2.51. The van der Waals surface area contributed by atoms with Crippen molar-refractivity contribution in [3.63, 3.8) is 0 Å². The molecule has 5 rings (SSSR count). The van der Waals surface area contributed by atoms with E-state index in [2.05, 4.69) is 20.3 Å². The van der Waals surface area contributed by atoms with Crippen LogP contribution in [0.5, 0.6) is 0 Å². The van der Waals surface area contributed by atoms with Crippen LogP contribution < -0.4 is 5.32 Å². The Bertz CT molecular complexity index is 1380. The van der Waals surface area contributed by atoms with Crippen molar-refractivity contribution in [3.8, 4) is 11.3 Å². The minimum atomic E-state index is -0.814. The number of nitrogens with zero attached hydrogens (tertiary/aromatic N) is 6. The van der Waals surface area contributed by atoms with Crippen LogP contribution in [0.15, 0.2) is 71.9 Å². The second kappa shape index (κ2) is 9.98. The number of amidine groups is 1. The minimum Gasteiger partial charge on any atom is -0.336 e. The Morgan fingerprint density at radius 2 is 1.84 bits per heavy atom. The van der Waals surface area contributed by atoms with Crippen molar-refractivity contribution in [2.75, 3.05) is 18.9 Å². The molecule has 0 aliphatic carbocycles. The Labute approximate surface area is 218 Å². The number of hydrogen-bond donors (Lipinski definition) is 1. The molecule has 0 bridgehead atoms. The Morgan fingerprint density at radius 3 is 2.57 bits per heavy atom. The van der Waals surface area contributed by atoms with Crippen LogP contribution in [0.2, 0.25) is 5.02 Å². The number of nitrogens with one attached hydrogen (secondary N) is 1. The molecular weight excluding hydrogens is 494 g/mol. The molecule has 2 atom stereocenters. The zero-order chi connectivity index (χ0) is 26.1. The lowest BCUT2D eigenvalue weighted by molar-refractivity contribution is -0.138. The Kier molecular flexibility index (Phi) is 6.58. The predicted molar refractivity (Wildman–Crippen MR) is 139 cm³/mol. The summed E-state index contributed by atoms with van der Waals surface area (Å²) in [6, 6.07) is 16.6. The van der Waals surface area contributed by atoms with Gasteiger partial charge < -0.3 is 15.1 Å². The summed E-state index contributed by atoms with van der Waals surface area (Å²) in [6.45, 7) is 1.63. The second-order valence-electron chi connectivity index (χ2n) is 8.76. The number of hydrogen-bond acceptors (Lipinski definition) is 7. The van der Waals surface area contributed by atoms with Crippen LogP contribution in [0.25, 0.3) is 11.3 Å². The molecule has 2 unspecified atom stereocenters. The van der Waals surface area contributed by atoms with Gasteiger partial charge in [-0.1, -0.05) is 35.9 Å². The van der Waals surface area contributed by atoms with E-state index in [4.69, 9.17) is 11.6 Å². The Balaban J connectivity index is 1.31. The summed E-state index contributed by atoms with van der Waals surface area (Å²) in [6.07, 6.45) is 0.898. The number of fused-ring (bicyclic) bond motifs is 1. The summed E-state index contributed by atoms with van der Waals surface area (Å²) < 4.78 is 0. The number of likely N-dealkylation sites (N-methyl/N-ethyl adjacent to an activating group) is 1. The van der Waals surface area contributed by atoms with Crippen LogP contribution in [0.4, 0.5) is 10.6 Å². The average Bonchev–Trinajstić information content (AvgIpc) is 3.22. The van der Waals surface area contributed by atoms with Crippen molar-refractivity contribution >= 4 is 41.1 Å². The molecule has 2 aliphatic rings. The summed E-state index contributed by atoms with van der Waals surface area (Å²) >= 11 is 5.97. The highest BCUT2D eigenvalue weighted by Crippen LogP contribution is 2.28. The molecule has 4 amide bonds. The largest absolute Gasteiger partial charge is 0.336 e. The van der Waals surface area contributed by atoms with Crippen LogP contribution in [-0.2, 0) is 16.1 Å². The number of carbonyl (C=O) groups is 3. The molecule has 0 radical (unpaired) electrons. The molecule has 0 spiro atoms. The molecule has 1 N–H and O–H groups in total. The molecular formula is C26H24ClN7O3. The molecule has 1 aromatic carbocycles. The van der Waals surface area contributed by atoms with Gasteiger partial charge in [-0.15, -0.1) is 0 Å². The van der Waals surface area contributed by atoms with Crippen molar-refractivity contribution in [2.45, 2.75) is 25.7 Å². The molecule has 4 heterocycles. The lowest BCUT2D eigenvalue weighted by Gasteiger charge is -2.41. The van der Waals surface area contributed by atoms with E-state index in [0.29, 0.717) is 28.1 Å². The molecule has 2 aromatic heterocycles. The number of halogens is 1. The molecule has 0 saturated carbocycles. The van der Waals surface area contributed by atoms with Gasteiger partial charge >= 0.3 is 6.03 Å². The van der Waals surface area contributed by atoms with E-state index in [-0.39, 0.29) is 19.0 Å². The van der Waals surface area contributed by atoms with Crippen LogP contribution in [0.1, 0.15) is 12.6 Å². The summed E-state index contributed by atoms with van der Waals surface area (Å²) in [7, 11) is 1.60. The van der Waals surface area contributed by atoms with Crippen molar-refractivity contribution in [3.05, 3.63) is 77.6 Å². The summed E-state index contributed by atoms with van der Waals surface area (Å²) in [5, 5.41) is 3.43. The fourth-order valence-corrected chi connectivity index (χ4v) is 4.58. The number of carbonyl (C=O) groups excluding carboxylic acids is 3. The van der Waals surface area contributed by atoms with Crippen LogP contribution in [0, 0.1) is 0 Å². The molecule has 37 heavy (non-hydrogen) atoms. The van der Waals surface area contributed by atoms with Gasteiger partial charge in [-0.3, -0.25) is 19.5 Å². The van der Waals surface area contributed by atoms with Crippen LogP contribution in [-0.4, -0.2) is 74.1 Å². The quantitative estimate of drug-likeness (QED) is 0.537. The van der Waals surface area contributed by atoms with E-state index in [0.717, 1.165) is 10.5 Å². The first-order valence-electron chi connectivity index (χ1n) is 11.6. The number of anilines is 1. The highest BCUT2D eigenvalue weighted by atomic mass is 35.5. The summed E-state index contributed by atoms with van der Waals surface area (Å²) in [4.78, 5) is 56.9. The molecule has 188 valence electrons. The first kappa shape index (κ1) is 24.4. The number of amides is 4. The topological polar surface area (TPSA) is 111 Å². The van der Waals surface area contributed by atoms with E-state index in [1.165, 1.54) is 4.90 Å². The third kappa shape index (κ3) is 4.88. The average molecular weight is 518 g/mol. The fraction of sp³-hybridized carbons (Fsp3) is 0.231. The molecule has 11 heteroatoms.